The molecule has 1 amide bonds. The van der Waals surface area contributed by atoms with Crippen molar-refractivity contribution in [3.63, 3.8) is 0 Å². The predicted octanol–water partition coefficient (Wildman–Crippen LogP) is 3.08. The van der Waals surface area contributed by atoms with Crippen LogP contribution in [-0.2, 0) is 11.0 Å². The van der Waals surface area contributed by atoms with Gasteiger partial charge < -0.3 is 10.4 Å². The normalized spacial score (nSPS) is 12.8. The van der Waals surface area contributed by atoms with Crippen LogP contribution < -0.4 is 5.32 Å². The largest absolute Gasteiger partial charge is 0.481 e. The van der Waals surface area contributed by atoms with E-state index in [0.29, 0.717) is 12.8 Å². The Balaban J connectivity index is 2.85. The summed E-state index contributed by atoms with van der Waals surface area (Å²) in [4.78, 5) is 22.6. The molecule has 0 heterocycles. The van der Waals surface area contributed by atoms with E-state index in [9.17, 15) is 22.8 Å². The molecule has 0 saturated heterocycles. The Hall–Kier alpha value is -2.05. The molecule has 0 aromatic heterocycles. The zero-order valence-corrected chi connectivity index (χ0v) is 11.4. The second kappa shape index (κ2) is 7.10. The van der Waals surface area contributed by atoms with Crippen LogP contribution in [0.3, 0.4) is 0 Å². The van der Waals surface area contributed by atoms with E-state index in [-0.39, 0.29) is 12.0 Å². The maximum absolute atomic E-state index is 12.6. The van der Waals surface area contributed by atoms with Crippen molar-refractivity contribution in [1.29, 1.82) is 0 Å². The van der Waals surface area contributed by atoms with Gasteiger partial charge in [0.25, 0.3) is 5.91 Å². The van der Waals surface area contributed by atoms with Crippen LogP contribution in [0.5, 0.6) is 0 Å². The van der Waals surface area contributed by atoms with Gasteiger partial charge in [-0.2, -0.15) is 13.2 Å². The van der Waals surface area contributed by atoms with Crippen molar-refractivity contribution in [1.82, 2.24) is 5.32 Å². The summed E-state index contributed by atoms with van der Waals surface area (Å²) in [6, 6.07) is 3.42. The van der Waals surface area contributed by atoms with Crippen LogP contribution in [0, 0.1) is 0 Å². The molecule has 0 radical (unpaired) electrons. The average molecular weight is 303 g/mol. The summed E-state index contributed by atoms with van der Waals surface area (Å²) in [7, 11) is 0. The molecular formula is C14H16F3NO3. The molecule has 116 valence electrons. The van der Waals surface area contributed by atoms with E-state index in [1.165, 1.54) is 6.07 Å². The number of carbonyl (C=O) groups is 2. The maximum Gasteiger partial charge on any atom is 0.416 e. The molecule has 4 nitrogen and oxygen atoms in total. The number of carboxylic acids is 1. The lowest BCUT2D eigenvalue weighted by Gasteiger charge is -2.16. The lowest BCUT2D eigenvalue weighted by Crippen LogP contribution is -2.36. The van der Waals surface area contributed by atoms with E-state index in [1.807, 2.05) is 6.92 Å². The van der Waals surface area contributed by atoms with Gasteiger partial charge in [-0.1, -0.05) is 19.4 Å². The van der Waals surface area contributed by atoms with Crippen molar-refractivity contribution in [3.05, 3.63) is 35.4 Å². The number of aliphatic carboxylic acids is 1. The van der Waals surface area contributed by atoms with Crippen LogP contribution >= 0.6 is 0 Å². The molecule has 0 aliphatic carbocycles. The molecule has 1 aromatic rings. The Morgan fingerprint density at radius 3 is 2.52 bits per heavy atom. The van der Waals surface area contributed by atoms with Gasteiger partial charge in [0, 0.05) is 11.6 Å². The Kier molecular flexibility index (Phi) is 5.75. The fourth-order valence-electron chi connectivity index (χ4n) is 1.89. The lowest BCUT2D eigenvalue weighted by molar-refractivity contribution is -0.138. The number of alkyl halides is 3. The fraction of sp³-hybridized carbons (Fsp3) is 0.429. The second-order valence-electron chi connectivity index (χ2n) is 4.64. The third-order valence-corrected chi connectivity index (χ3v) is 2.85. The molecule has 0 spiro atoms. The summed E-state index contributed by atoms with van der Waals surface area (Å²) in [6.45, 7) is 1.82. The van der Waals surface area contributed by atoms with Crippen LogP contribution in [0.25, 0.3) is 0 Å². The minimum atomic E-state index is -4.53. The highest BCUT2D eigenvalue weighted by atomic mass is 19.4. The first-order valence-corrected chi connectivity index (χ1v) is 6.44. The molecule has 1 atom stereocenters. The number of amides is 1. The van der Waals surface area contributed by atoms with Gasteiger partial charge in [0.15, 0.2) is 0 Å². The zero-order chi connectivity index (χ0) is 16.0. The van der Waals surface area contributed by atoms with Crippen molar-refractivity contribution in [2.75, 3.05) is 0 Å². The number of hydrogen-bond donors (Lipinski definition) is 2. The number of hydrogen-bond acceptors (Lipinski definition) is 2. The van der Waals surface area contributed by atoms with E-state index < -0.39 is 29.7 Å². The highest BCUT2D eigenvalue weighted by Crippen LogP contribution is 2.29. The number of halogens is 3. The van der Waals surface area contributed by atoms with Crippen molar-refractivity contribution in [3.8, 4) is 0 Å². The van der Waals surface area contributed by atoms with Crippen molar-refractivity contribution >= 4 is 11.9 Å². The number of carboxylic acid groups (broad SMARTS) is 1. The Bertz CT molecular complexity index is 514. The van der Waals surface area contributed by atoms with E-state index in [1.54, 1.807) is 0 Å². The number of nitrogens with one attached hydrogen (secondary N) is 1. The van der Waals surface area contributed by atoms with Crippen molar-refractivity contribution in [2.24, 2.45) is 0 Å². The molecule has 1 unspecified atom stereocenters. The van der Waals surface area contributed by atoms with Gasteiger partial charge >= 0.3 is 12.1 Å². The van der Waals surface area contributed by atoms with Crippen LogP contribution in [-0.4, -0.2) is 23.0 Å². The number of rotatable bonds is 6. The molecule has 1 aromatic carbocycles. The molecule has 0 fully saturated rings. The van der Waals surface area contributed by atoms with E-state index in [4.69, 9.17) is 5.11 Å². The zero-order valence-electron chi connectivity index (χ0n) is 11.4. The highest BCUT2D eigenvalue weighted by molar-refractivity contribution is 5.94. The molecule has 0 aliphatic rings. The molecule has 21 heavy (non-hydrogen) atoms. The standard InChI is InChI=1S/C14H16F3NO3/c1-2-4-11(8-12(19)20)18-13(21)9-5-3-6-10(7-9)14(15,16)17/h3,5-7,11H,2,4,8H2,1H3,(H,18,21)(H,19,20). The first-order valence-electron chi connectivity index (χ1n) is 6.44. The van der Waals surface area contributed by atoms with Gasteiger partial charge in [0.2, 0.25) is 0 Å². The summed E-state index contributed by atoms with van der Waals surface area (Å²) < 4.78 is 37.7. The van der Waals surface area contributed by atoms with E-state index >= 15 is 0 Å². The molecule has 7 heteroatoms. The van der Waals surface area contributed by atoms with Crippen molar-refractivity contribution in [2.45, 2.75) is 38.4 Å². The number of benzene rings is 1. The first-order chi connectivity index (χ1) is 9.74. The van der Waals surface area contributed by atoms with Gasteiger partial charge in [-0.05, 0) is 24.6 Å². The van der Waals surface area contributed by atoms with Gasteiger partial charge in [-0.15, -0.1) is 0 Å². The lowest BCUT2D eigenvalue weighted by atomic mass is 10.1. The fourth-order valence-corrected chi connectivity index (χ4v) is 1.89. The Labute approximate surface area is 120 Å². The summed E-state index contributed by atoms with van der Waals surface area (Å²) in [5, 5.41) is 11.2. The first kappa shape index (κ1) is 17.0. The van der Waals surface area contributed by atoms with Crippen LogP contribution in [0.1, 0.15) is 42.1 Å². The molecule has 2 N–H and O–H groups in total. The summed E-state index contributed by atoms with van der Waals surface area (Å²) in [5.41, 5.74) is -1.06. The predicted molar refractivity (Wildman–Crippen MR) is 69.9 cm³/mol. The Morgan fingerprint density at radius 1 is 1.33 bits per heavy atom. The molecule has 0 aliphatic heterocycles. The second-order valence-corrected chi connectivity index (χ2v) is 4.64. The third kappa shape index (κ3) is 5.45. The summed E-state index contributed by atoms with van der Waals surface area (Å²) >= 11 is 0. The number of carbonyl (C=O) groups excluding carboxylic acids is 1. The van der Waals surface area contributed by atoms with Gasteiger partial charge in [-0.3, -0.25) is 9.59 Å². The van der Waals surface area contributed by atoms with Crippen LogP contribution in [0.2, 0.25) is 0 Å². The SMILES string of the molecule is CCCC(CC(=O)O)NC(=O)c1cccc(C(F)(F)F)c1. The topological polar surface area (TPSA) is 66.4 Å². The van der Waals surface area contributed by atoms with Gasteiger partial charge in [-0.25, -0.2) is 0 Å². The quantitative estimate of drug-likeness (QED) is 0.848. The third-order valence-electron chi connectivity index (χ3n) is 2.85. The maximum atomic E-state index is 12.6. The van der Waals surface area contributed by atoms with Crippen LogP contribution in [0.4, 0.5) is 13.2 Å². The molecule has 1 rings (SSSR count). The molecular weight excluding hydrogens is 287 g/mol. The smallest absolute Gasteiger partial charge is 0.416 e. The molecule has 0 bridgehead atoms. The monoisotopic (exact) mass is 303 g/mol. The van der Waals surface area contributed by atoms with Gasteiger partial charge in [0.1, 0.15) is 0 Å². The minimum absolute atomic E-state index is 0.142. The minimum Gasteiger partial charge on any atom is -0.481 e. The summed E-state index contributed by atoms with van der Waals surface area (Å²) in [5.74, 6) is -1.78. The van der Waals surface area contributed by atoms with E-state index in [0.717, 1.165) is 18.2 Å². The van der Waals surface area contributed by atoms with Crippen LogP contribution in [0.15, 0.2) is 24.3 Å². The highest BCUT2D eigenvalue weighted by Gasteiger charge is 2.31. The van der Waals surface area contributed by atoms with E-state index in [2.05, 4.69) is 5.32 Å². The van der Waals surface area contributed by atoms with Gasteiger partial charge in [0.05, 0.1) is 12.0 Å². The summed E-state index contributed by atoms with van der Waals surface area (Å²) in [6.07, 6.45) is -3.70. The molecule has 0 saturated carbocycles. The van der Waals surface area contributed by atoms with Crippen molar-refractivity contribution < 1.29 is 27.9 Å². The Morgan fingerprint density at radius 2 is 2.00 bits per heavy atom. The average Bonchev–Trinajstić information content (AvgIpc) is 2.37.